The Hall–Kier alpha value is -2.22. The van der Waals surface area contributed by atoms with Gasteiger partial charge in [-0.25, -0.2) is 4.98 Å². The number of aromatic nitrogens is 1. The quantitative estimate of drug-likeness (QED) is 0.245. The van der Waals surface area contributed by atoms with E-state index < -0.39 is 35.1 Å². The van der Waals surface area contributed by atoms with Crippen LogP contribution in [0, 0.1) is 24.2 Å². The van der Waals surface area contributed by atoms with Crippen molar-refractivity contribution in [1.82, 2.24) is 4.98 Å². The Bertz CT molecular complexity index is 1060. The average molecular weight is 550 g/mol. The highest BCUT2D eigenvalue weighted by molar-refractivity contribution is 6.32. The lowest BCUT2D eigenvalue weighted by molar-refractivity contribution is -0.233. The Morgan fingerprint density at radius 3 is 2.50 bits per heavy atom. The summed E-state index contributed by atoms with van der Waals surface area (Å²) >= 11 is 6.58. The van der Waals surface area contributed by atoms with Crippen LogP contribution in [0.3, 0.4) is 0 Å². The molecule has 0 spiro atoms. The van der Waals surface area contributed by atoms with Gasteiger partial charge in [-0.15, -0.1) is 0 Å². The highest BCUT2D eigenvalue weighted by atomic mass is 35.5. The van der Waals surface area contributed by atoms with Crippen LogP contribution < -0.4 is 0 Å². The van der Waals surface area contributed by atoms with Gasteiger partial charge in [0.15, 0.2) is 11.7 Å². The molecule has 1 aromatic heterocycles. The lowest BCUT2D eigenvalue weighted by atomic mass is 9.71. The van der Waals surface area contributed by atoms with Crippen LogP contribution >= 0.6 is 11.6 Å². The molecule has 8 heteroatoms. The third-order valence-electron chi connectivity index (χ3n) is 7.33. The van der Waals surface area contributed by atoms with E-state index in [1.165, 1.54) is 6.26 Å². The van der Waals surface area contributed by atoms with E-state index in [4.69, 9.17) is 20.8 Å². The molecule has 2 N–H and O–H groups in total. The molecule has 7 nitrogen and oxygen atoms in total. The number of halogens is 1. The summed E-state index contributed by atoms with van der Waals surface area (Å²) in [7, 11) is 0. The molecule has 2 rings (SSSR count). The number of allylic oxidation sites excluding steroid dienone is 3. The lowest BCUT2D eigenvalue weighted by Gasteiger charge is -2.39. The van der Waals surface area contributed by atoms with E-state index in [0.717, 1.165) is 17.6 Å². The van der Waals surface area contributed by atoms with Gasteiger partial charge in [0, 0.05) is 31.1 Å². The van der Waals surface area contributed by atoms with Gasteiger partial charge in [0.1, 0.15) is 23.8 Å². The van der Waals surface area contributed by atoms with Crippen LogP contribution in [0.1, 0.15) is 98.1 Å². The van der Waals surface area contributed by atoms with Gasteiger partial charge in [-0.3, -0.25) is 9.59 Å². The summed E-state index contributed by atoms with van der Waals surface area (Å²) < 4.78 is 11.0. The van der Waals surface area contributed by atoms with Gasteiger partial charge in [-0.05, 0) is 59.0 Å². The number of oxazole rings is 1. The predicted molar refractivity (Wildman–Crippen MR) is 149 cm³/mol. The highest BCUT2D eigenvalue weighted by Crippen LogP contribution is 2.38. The summed E-state index contributed by atoms with van der Waals surface area (Å²) in [6.07, 6.45) is 9.04. The van der Waals surface area contributed by atoms with Crippen molar-refractivity contribution < 1.29 is 29.0 Å². The van der Waals surface area contributed by atoms with Crippen molar-refractivity contribution in [1.29, 1.82) is 0 Å². The van der Waals surface area contributed by atoms with E-state index in [1.54, 1.807) is 33.8 Å². The number of esters is 1. The van der Waals surface area contributed by atoms with Gasteiger partial charge >= 0.3 is 5.97 Å². The lowest BCUT2D eigenvalue weighted by Crippen LogP contribution is -2.50. The van der Waals surface area contributed by atoms with Crippen LogP contribution in [0.15, 0.2) is 39.0 Å². The Kier molecular flexibility index (Phi) is 11.6. The minimum Gasteiger partial charge on any atom is -0.456 e. The van der Waals surface area contributed by atoms with E-state index in [0.29, 0.717) is 35.9 Å². The van der Waals surface area contributed by atoms with E-state index in [1.807, 2.05) is 32.9 Å². The topological polar surface area (TPSA) is 110 Å². The molecule has 3 atom stereocenters. The Morgan fingerprint density at radius 2 is 1.89 bits per heavy atom. The van der Waals surface area contributed by atoms with Crippen LogP contribution in [0.4, 0.5) is 0 Å². The van der Waals surface area contributed by atoms with Gasteiger partial charge in [0.05, 0.1) is 11.0 Å². The summed E-state index contributed by atoms with van der Waals surface area (Å²) in [5, 5.41) is 22.8. The molecule has 3 unspecified atom stereocenters. The zero-order chi connectivity index (χ0) is 28.7. The first-order valence-corrected chi connectivity index (χ1v) is 13.8. The fraction of sp³-hybridized carbons (Fsp3) is 0.633. The van der Waals surface area contributed by atoms with E-state index in [9.17, 15) is 19.8 Å². The van der Waals surface area contributed by atoms with Crippen molar-refractivity contribution in [2.75, 3.05) is 0 Å². The second-order valence-electron chi connectivity index (χ2n) is 11.5. The zero-order valence-corrected chi connectivity index (χ0v) is 24.6. The molecule has 0 amide bonds. The number of cyclic esters (lactones) is 1. The number of hydrogen-bond acceptors (Lipinski definition) is 7. The molecule has 0 aliphatic carbocycles. The third kappa shape index (κ3) is 9.21. The number of aliphatic hydroxyl groups is 2. The highest BCUT2D eigenvalue weighted by Gasteiger charge is 2.47. The molecule has 0 radical (unpaired) electrons. The molecule has 2 heterocycles. The van der Waals surface area contributed by atoms with Crippen LogP contribution in [0.25, 0.3) is 6.08 Å². The van der Waals surface area contributed by atoms with E-state index in [2.05, 4.69) is 4.98 Å². The molecule has 0 bridgehead atoms. The maximum atomic E-state index is 13.7. The molecular formula is C30H44ClNO6. The fourth-order valence-corrected chi connectivity index (χ4v) is 4.85. The van der Waals surface area contributed by atoms with Crippen LogP contribution in [0.5, 0.6) is 0 Å². The van der Waals surface area contributed by atoms with E-state index in [-0.39, 0.29) is 25.0 Å². The summed E-state index contributed by atoms with van der Waals surface area (Å²) in [6.45, 7) is 12.8. The van der Waals surface area contributed by atoms with Crippen LogP contribution in [-0.2, 0) is 14.3 Å². The van der Waals surface area contributed by atoms with Crippen molar-refractivity contribution in [3.8, 4) is 0 Å². The number of hydrogen-bond donors (Lipinski definition) is 2. The summed E-state index contributed by atoms with van der Waals surface area (Å²) in [5.74, 6) is -3.95. The van der Waals surface area contributed by atoms with Crippen LogP contribution in [0.2, 0.25) is 0 Å². The SMILES string of the molecule is CC(C)=CCC1C(=O)C(C)(C)CCC(=O)OC(C(Cl)=Cc2coc(C)n2)CC=C(C)CCCC(C)C1(O)O. The first kappa shape index (κ1) is 32.0. The first-order valence-electron chi connectivity index (χ1n) is 13.4. The molecule has 1 aliphatic heterocycles. The summed E-state index contributed by atoms with van der Waals surface area (Å²) in [4.78, 5) is 30.9. The largest absolute Gasteiger partial charge is 0.456 e. The molecule has 1 aliphatic rings. The molecule has 0 fully saturated rings. The van der Waals surface area contributed by atoms with Gasteiger partial charge < -0.3 is 19.4 Å². The second kappa shape index (κ2) is 13.7. The number of carbonyl (C=O) groups excluding carboxylic acids is 2. The number of rotatable bonds is 4. The number of ether oxygens (including phenoxy) is 1. The maximum absolute atomic E-state index is 13.7. The van der Waals surface area contributed by atoms with Gasteiger partial charge in [0.2, 0.25) is 0 Å². The molecule has 212 valence electrons. The van der Waals surface area contributed by atoms with Crippen LogP contribution in [-0.4, -0.2) is 38.8 Å². The minimum atomic E-state index is -2.17. The number of carbonyl (C=O) groups is 2. The average Bonchev–Trinajstić information content (AvgIpc) is 3.23. The normalized spacial score (nSPS) is 25.9. The third-order valence-corrected chi connectivity index (χ3v) is 7.68. The summed E-state index contributed by atoms with van der Waals surface area (Å²) in [5.41, 5.74) is 1.63. The second-order valence-corrected chi connectivity index (χ2v) is 11.9. The number of nitrogens with zero attached hydrogens (tertiary/aromatic N) is 1. The van der Waals surface area contributed by atoms with Gasteiger partial charge in [-0.1, -0.05) is 55.7 Å². The number of aryl methyl sites for hydroxylation is 1. The van der Waals surface area contributed by atoms with E-state index >= 15 is 0 Å². The van der Waals surface area contributed by atoms with Crippen molar-refractivity contribution in [3.63, 3.8) is 0 Å². The Morgan fingerprint density at radius 1 is 1.21 bits per heavy atom. The monoisotopic (exact) mass is 549 g/mol. The molecular weight excluding hydrogens is 506 g/mol. The Labute approximate surface area is 232 Å². The van der Waals surface area contributed by atoms with Gasteiger partial charge in [-0.2, -0.15) is 0 Å². The predicted octanol–water partition coefficient (Wildman–Crippen LogP) is 6.66. The molecule has 38 heavy (non-hydrogen) atoms. The standard InChI is InChI=1S/C30H44ClNO6/c1-19(2)11-13-24-28(34)29(6,7)16-15-27(33)38-26(25(31)17-23-18-37-22(5)32-23)14-12-20(3)9-8-10-21(4)30(24,35)36/h11-12,17-18,21,24,26,35-36H,8-10,13-16H2,1-7H3. The first-order chi connectivity index (χ1) is 17.6. The maximum Gasteiger partial charge on any atom is 0.306 e. The number of ketones is 1. The van der Waals surface area contributed by atoms with Crippen molar-refractivity contribution >= 4 is 29.4 Å². The molecule has 0 aromatic carbocycles. The van der Waals surface area contributed by atoms with Crippen molar-refractivity contribution in [2.45, 2.75) is 105 Å². The van der Waals surface area contributed by atoms with Crippen molar-refractivity contribution in [3.05, 3.63) is 46.2 Å². The zero-order valence-electron chi connectivity index (χ0n) is 23.8. The minimum absolute atomic E-state index is 0.0139. The number of Topliss-reactive ketones (excluding diaryl/α,β-unsaturated/α-hetero) is 1. The smallest absolute Gasteiger partial charge is 0.306 e. The Balaban J connectivity index is 2.38. The molecule has 0 saturated heterocycles. The van der Waals surface area contributed by atoms with Crippen molar-refractivity contribution in [2.24, 2.45) is 17.3 Å². The summed E-state index contributed by atoms with van der Waals surface area (Å²) in [6, 6.07) is 0. The molecule has 0 saturated carbocycles. The fourth-order valence-electron chi connectivity index (χ4n) is 4.60. The van der Waals surface area contributed by atoms with Gasteiger partial charge in [0.25, 0.3) is 0 Å². The molecule has 1 aromatic rings.